The smallest absolute Gasteiger partial charge is 0.407 e. The zero-order valence-electron chi connectivity index (χ0n) is 10.5. The van der Waals surface area contributed by atoms with Crippen LogP contribution in [0.1, 0.15) is 17.9 Å². The lowest BCUT2D eigenvalue weighted by Gasteiger charge is -2.09. The second-order valence-corrected chi connectivity index (χ2v) is 3.89. The van der Waals surface area contributed by atoms with Gasteiger partial charge in [-0.15, -0.1) is 6.58 Å². The first-order chi connectivity index (χ1) is 9.15. The summed E-state index contributed by atoms with van der Waals surface area (Å²) in [4.78, 5) is 20.8. The average molecular weight is 263 g/mol. The summed E-state index contributed by atoms with van der Waals surface area (Å²) in [6.07, 6.45) is 1.81. The van der Waals surface area contributed by atoms with Crippen LogP contribution in [0.25, 0.3) is 0 Å². The van der Waals surface area contributed by atoms with Crippen molar-refractivity contribution in [2.24, 2.45) is 0 Å². The maximum atomic E-state index is 10.8. The molecule has 0 spiro atoms. The number of carbonyl (C=O) groups excluding carboxylic acids is 1. The molecule has 2 N–H and O–H groups in total. The van der Waals surface area contributed by atoms with Crippen LogP contribution in [-0.4, -0.2) is 30.3 Å². The molecule has 2 rings (SSSR count). The van der Waals surface area contributed by atoms with Gasteiger partial charge in [-0.1, -0.05) is 36.4 Å². The molecule has 1 aliphatic rings. The molecule has 1 aromatic rings. The molecule has 1 unspecified atom stereocenters. The number of aliphatic carboxylic acids is 1. The summed E-state index contributed by atoms with van der Waals surface area (Å²) in [5.74, 6) is -1.26. The Balaban J connectivity index is 0.000000250. The summed E-state index contributed by atoms with van der Waals surface area (Å²) in [6, 6.07) is 9.20. The van der Waals surface area contributed by atoms with Gasteiger partial charge in [0.05, 0.1) is 12.5 Å². The van der Waals surface area contributed by atoms with Crippen LogP contribution in [0.15, 0.2) is 43.0 Å². The van der Waals surface area contributed by atoms with Crippen LogP contribution in [0, 0.1) is 0 Å². The van der Waals surface area contributed by atoms with Crippen molar-refractivity contribution in [3.8, 4) is 0 Å². The van der Waals surface area contributed by atoms with E-state index in [1.807, 2.05) is 30.3 Å². The Bertz CT molecular complexity index is 422. The summed E-state index contributed by atoms with van der Waals surface area (Å²) < 4.78 is 4.40. The van der Waals surface area contributed by atoms with Crippen molar-refractivity contribution in [2.75, 3.05) is 13.2 Å². The second-order valence-electron chi connectivity index (χ2n) is 3.89. The topological polar surface area (TPSA) is 75.6 Å². The van der Waals surface area contributed by atoms with Gasteiger partial charge in [-0.05, 0) is 12.0 Å². The number of ether oxygens (including phenoxy) is 1. The van der Waals surface area contributed by atoms with Crippen molar-refractivity contribution in [1.82, 2.24) is 5.32 Å². The van der Waals surface area contributed by atoms with E-state index >= 15 is 0 Å². The molecule has 0 saturated carbocycles. The van der Waals surface area contributed by atoms with Crippen LogP contribution in [0.4, 0.5) is 4.79 Å². The largest absolute Gasteiger partial charge is 0.481 e. The third kappa shape index (κ3) is 5.25. The number of hydrogen-bond acceptors (Lipinski definition) is 3. The summed E-state index contributed by atoms with van der Waals surface area (Å²) in [5, 5.41) is 11.4. The Hall–Kier alpha value is -2.30. The van der Waals surface area contributed by atoms with E-state index in [0.29, 0.717) is 19.6 Å². The lowest BCUT2D eigenvalue weighted by Crippen LogP contribution is -2.11. The Labute approximate surface area is 111 Å². The minimum absolute atomic E-state index is 0.296. The number of alkyl carbamates (subject to hydrolysis) is 1. The summed E-state index contributed by atoms with van der Waals surface area (Å²) in [6.45, 7) is 4.74. The van der Waals surface area contributed by atoms with Gasteiger partial charge in [0, 0.05) is 0 Å². The third-order valence-corrected chi connectivity index (χ3v) is 2.51. The van der Waals surface area contributed by atoms with Crippen molar-refractivity contribution in [3.05, 3.63) is 48.6 Å². The second kappa shape index (κ2) is 7.92. The number of carbonyl (C=O) groups is 2. The van der Waals surface area contributed by atoms with Crippen molar-refractivity contribution in [1.29, 1.82) is 0 Å². The minimum atomic E-state index is -0.800. The lowest BCUT2D eigenvalue weighted by molar-refractivity contribution is -0.138. The molecule has 1 aliphatic heterocycles. The molecule has 0 aliphatic carbocycles. The number of rotatable bonds is 4. The highest BCUT2D eigenvalue weighted by molar-refractivity contribution is 5.76. The molecule has 1 aromatic carbocycles. The van der Waals surface area contributed by atoms with Crippen molar-refractivity contribution >= 4 is 12.1 Å². The molecule has 1 amide bonds. The van der Waals surface area contributed by atoms with Gasteiger partial charge in [-0.25, -0.2) is 4.79 Å². The number of allylic oxidation sites excluding steroid dienone is 1. The zero-order valence-corrected chi connectivity index (χ0v) is 10.5. The lowest BCUT2D eigenvalue weighted by atomic mass is 9.96. The fourth-order valence-electron chi connectivity index (χ4n) is 1.58. The van der Waals surface area contributed by atoms with Crippen LogP contribution in [0.2, 0.25) is 0 Å². The van der Waals surface area contributed by atoms with Gasteiger partial charge in [0.15, 0.2) is 0 Å². The van der Waals surface area contributed by atoms with Crippen LogP contribution in [-0.2, 0) is 9.53 Å². The summed E-state index contributed by atoms with van der Waals surface area (Å²) in [5.41, 5.74) is 0.829. The first kappa shape index (κ1) is 14.8. The Morgan fingerprint density at radius 3 is 2.53 bits per heavy atom. The standard InChI is InChI=1S/C11H12O2.C3H5NO2/c1-2-6-10(11(12)13)9-7-4-3-5-8-9;5-3-4-1-2-6-3/h2-5,7-8,10H,1,6H2,(H,12,13);1-2H2,(H,4,5). The van der Waals surface area contributed by atoms with Gasteiger partial charge in [0.2, 0.25) is 0 Å². The molecule has 102 valence electrons. The fraction of sp³-hybridized carbons (Fsp3) is 0.286. The van der Waals surface area contributed by atoms with Crippen molar-refractivity contribution < 1.29 is 19.4 Å². The van der Waals surface area contributed by atoms with E-state index in [1.165, 1.54) is 0 Å². The van der Waals surface area contributed by atoms with E-state index in [-0.39, 0.29) is 6.09 Å². The SMILES string of the molecule is C=CCC(C(=O)O)c1ccccc1.O=C1NCCO1. The molecule has 1 atom stereocenters. The molecule has 5 heteroatoms. The van der Waals surface area contributed by atoms with E-state index in [4.69, 9.17) is 5.11 Å². The maximum Gasteiger partial charge on any atom is 0.407 e. The van der Waals surface area contributed by atoms with Crippen LogP contribution in [0.3, 0.4) is 0 Å². The highest BCUT2D eigenvalue weighted by atomic mass is 16.6. The highest BCUT2D eigenvalue weighted by Gasteiger charge is 2.16. The number of hydrogen-bond donors (Lipinski definition) is 2. The van der Waals surface area contributed by atoms with Gasteiger partial charge in [0.25, 0.3) is 0 Å². The van der Waals surface area contributed by atoms with E-state index in [9.17, 15) is 9.59 Å². The molecular formula is C14H17NO4. The molecule has 19 heavy (non-hydrogen) atoms. The fourth-order valence-corrected chi connectivity index (χ4v) is 1.58. The number of amides is 1. The molecule has 1 heterocycles. The molecule has 1 saturated heterocycles. The Morgan fingerprint density at radius 2 is 2.16 bits per heavy atom. The van der Waals surface area contributed by atoms with Crippen LogP contribution in [0.5, 0.6) is 0 Å². The molecule has 1 fully saturated rings. The molecule has 0 bridgehead atoms. The van der Waals surface area contributed by atoms with Gasteiger partial charge < -0.3 is 15.2 Å². The van der Waals surface area contributed by atoms with Gasteiger partial charge in [-0.3, -0.25) is 4.79 Å². The summed E-state index contributed by atoms with van der Waals surface area (Å²) in [7, 11) is 0. The molecule has 0 aromatic heterocycles. The van der Waals surface area contributed by atoms with E-state index in [1.54, 1.807) is 6.08 Å². The molecule has 5 nitrogen and oxygen atoms in total. The number of nitrogens with one attached hydrogen (secondary N) is 1. The molecular weight excluding hydrogens is 246 g/mol. The first-order valence-electron chi connectivity index (χ1n) is 5.94. The number of carboxylic acid groups (broad SMARTS) is 1. The first-order valence-corrected chi connectivity index (χ1v) is 5.94. The Kier molecular flexibility index (Phi) is 6.15. The summed E-state index contributed by atoms with van der Waals surface area (Å²) >= 11 is 0. The normalized spacial score (nSPS) is 14.4. The van der Waals surface area contributed by atoms with Gasteiger partial charge in [-0.2, -0.15) is 0 Å². The van der Waals surface area contributed by atoms with Crippen LogP contribution >= 0.6 is 0 Å². The predicted molar refractivity (Wildman–Crippen MR) is 71.0 cm³/mol. The van der Waals surface area contributed by atoms with Crippen molar-refractivity contribution in [3.63, 3.8) is 0 Å². The van der Waals surface area contributed by atoms with E-state index < -0.39 is 11.9 Å². The predicted octanol–water partition coefficient (Wildman–Crippen LogP) is 2.16. The van der Waals surface area contributed by atoms with Crippen LogP contribution < -0.4 is 5.32 Å². The maximum absolute atomic E-state index is 10.8. The third-order valence-electron chi connectivity index (χ3n) is 2.51. The average Bonchev–Trinajstić information content (AvgIpc) is 2.88. The number of cyclic esters (lactones) is 1. The van der Waals surface area contributed by atoms with E-state index in [2.05, 4.69) is 16.6 Å². The van der Waals surface area contributed by atoms with Crippen molar-refractivity contribution in [2.45, 2.75) is 12.3 Å². The Morgan fingerprint density at radius 1 is 1.47 bits per heavy atom. The molecule has 0 radical (unpaired) electrons. The monoisotopic (exact) mass is 263 g/mol. The zero-order chi connectivity index (χ0) is 14.1. The quantitative estimate of drug-likeness (QED) is 0.816. The van der Waals surface area contributed by atoms with E-state index in [0.717, 1.165) is 5.56 Å². The highest BCUT2D eigenvalue weighted by Crippen LogP contribution is 2.19. The van der Waals surface area contributed by atoms with Gasteiger partial charge in [0.1, 0.15) is 6.61 Å². The number of benzene rings is 1. The minimum Gasteiger partial charge on any atom is -0.481 e. The van der Waals surface area contributed by atoms with Gasteiger partial charge >= 0.3 is 12.1 Å². The number of carboxylic acids is 1.